The molecule has 1 saturated carbocycles. The van der Waals surface area contributed by atoms with Crippen LogP contribution in [0.5, 0.6) is 11.5 Å². The lowest BCUT2D eigenvalue weighted by molar-refractivity contribution is -0.0364. The summed E-state index contributed by atoms with van der Waals surface area (Å²) in [6.07, 6.45) is 3.93. The molecule has 138 valence electrons. The molecular weight excluding hydrogens is 316 g/mol. The van der Waals surface area contributed by atoms with Crippen molar-refractivity contribution >= 4 is 0 Å². The molecule has 25 heavy (non-hydrogen) atoms. The summed E-state index contributed by atoms with van der Waals surface area (Å²) in [6, 6.07) is 6.11. The predicted octanol–water partition coefficient (Wildman–Crippen LogP) is 1.98. The highest BCUT2D eigenvalue weighted by molar-refractivity contribution is 5.38. The second-order valence-corrected chi connectivity index (χ2v) is 8.19. The van der Waals surface area contributed by atoms with Crippen molar-refractivity contribution in [1.82, 2.24) is 9.80 Å². The van der Waals surface area contributed by atoms with E-state index in [4.69, 9.17) is 9.47 Å². The molecular formula is C20H30N2O3. The molecule has 0 aromatic heterocycles. The van der Waals surface area contributed by atoms with E-state index in [1.54, 1.807) is 14.2 Å². The summed E-state index contributed by atoms with van der Waals surface area (Å²) in [4.78, 5) is 5.20. The number of hydrogen-bond donors (Lipinski definition) is 1. The minimum atomic E-state index is 0.305. The molecule has 5 heteroatoms. The number of benzene rings is 1. The number of methoxy groups -OCH3 is 2. The maximum absolute atomic E-state index is 9.63. The lowest BCUT2D eigenvalue weighted by atomic mass is 9.84. The lowest BCUT2D eigenvalue weighted by Gasteiger charge is -2.53. The fourth-order valence-corrected chi connectivity index (χ4v) is 4.68. The van der Waals surface area contributed by atoms with Gasteiger partial charge in [-0.15, -0.1) is 0 Å². The van der Waals surface area contributed by atoms with Crippen LogP contribution in [0.4, 0.5) is 0 Å². The Kier molecular flexibility index (Phi) is 4.65. The average molecular weight is 346 g/mol. The standard InChI is InChI=1S/C20H30N2O3/c1-24-18-5-16(6-19(7-18)25-2)9-21-13-20(14-21)8-17(12-23)11-22(20)10-15-3-4-15/h5-7,15,17,23H,3-4,8-14H2,1-2H3. The van der Waals surface area contributed by atoms with Crippen LogP contribution in [0, 0.1) is 11.8 Å². The Morgan fingerprint density at radius 3 is 2.32 bits per heavy atom. The molecule has 0 radical (unpaired) electrons. The molecule has 1 aliphatic carbocycles. The van der Waals surface area contributed by atoms with Gasteiger partial charge in [0.25, 0.3) is 0 Å². The van der Waals surface area contributed by atoms with Gasteiger partial charge in [-0.2, -0.15) is 0 Å². The van der Waals surface area contributed by atoms with Gasteiger partial charge in [0, 0.05) is 50.9 Å². The molecule has 2 aliphatic heterocycles. The zero-order valence-electron chi connectivity index (χ0n) is 15.4. The lowest BCUT2D eigenvalue weighted by Crippen LogP contribution is -2.67. The quantitative estimate of drug-likeness (QED) is 0.818. The Hall–Kier alpha value is -1.30. The molecule has 1 unspecified atom stereocenters. The van der Waals surface area contributed by atoms with Crippen molar-refractivity contribution in [2.45, 2.75) is 31.3 Å². The largest absolute Gasteiger partial charge is 0.497 e. The molecule has 0 bridgehead atoms. The second kappa shape index (κ2) is 6.78. The first kappa shape index (κ1) is 17.1. The van der Waals surface area contributed by atoms with E-state index in [2.05, 4.69) is 21.9 Å². The maximum atomic E-state index is 9.63. The van der Waals surface area contributed by atoms with E-state index in [0.717, 1.165) is 50.0 Å². The molecule has 2 heterocycles. The van der Waals surface area contributed by atoms with Gasteiger partial charge in [-0.1, -0.05) is 0 Å². The van der Waals surface area contributed by atoms with Crippen LogP contribution < -0.4 is 9.47 Å². The highest BCUT2D eigenvalue weighted by Gasteiger charge is 2.53. The smallest absolute Gasteiger partial charge is 0.122 e. The molecule has 1 atom stereocenters. The van der Waals surface area contributed by atoms with Gasteiger partial charge in [-0.25, -0.2) is 0 Å². The molecule has 1 N–H and O–H groups in total. The van der Waals surface area contributed by atoms with Crippen molar-refractivity contribution in [3.63, 3.8) is 0 Å². The third-order valence-corrected chi connectivity index (χ3v) is 6.11. The van der Waals surface area contributed by atoms with Crippen LogP contribution in [0.25, 0.3) is 0 Å². The summed E-state index contributed by atoms with van der Waals surface area (Å²) in [5.74, 6) is 3.06. The summed E-state index contributed by atoms with van der Waals surface area (Å²) >= 11 is 0. The first-order valence-corrected chi connectivity index (χ1v) is 9.44. The number of nitrogens with zero attached hydrogens (tertiary/aromatic N) is 2. The third-order valence-electron chi connectivity index (χ3n) is 6.11. The van der Waals surface area contributed by atoms with Crippen molar-refractivity contribution in [3.8, 4) is 11.5 Å². The minimum Gasteiger partial charge on any atom is -0.497 e. The second-order valence-electron chi connectivity index (χ2n) is 8.19. The Morgan fingerprint density at radius 1 is 1.08 bits per heavy atom. The zero-order valence-corrected chi connectivity index (χ0v) is 15.4. The average Bonchev–Trinajstić information content (AvgIpc) is 3.34. The number of likely N-dealkylation sites (tertiary alicyclic amines) is 2. The van der Waals surface area contributed by atoms with E-state index < -0.39 is 0 Å². The predicted molar refractivity (Wildman–Crippen MR) is 97.0 cm³/mol. The van der Waals surface area contributed by atoms with E-state index in [0.29, 0.717) is 18.1 Å². The Bertz CT molecular complexity index is 589. The normalized spacial score (nSPS) is 26.0. The van der Waals surface area contributed by atoms with E-state index >= 15 is 0 Å². The monoisotopic (exact) mass is 346 g/mol. The van der Waals surface area contributed by atoms with Crippen molar-refractivity contribution in [3.05, 3.63) is 23.8 Å². The van der Waals surface area contributed by atoms with Gasteiger partial charge < -0.3 is 14.6 Å². The zero-order chi connectivity index (χ0) is 17.4. The molecule has 4 rings (SSSR count). The van der Waals surface area contributed by atoms with Crippen LogP contribution in [0.3, 0.4) is 0 Å². The summed E-state index contributed by atoms with van der Waals surface area (Å²) in [5.41, 5.74) is 1.54. The SMILES string of the molecule is COc1cc(CN2CC3(CC(CO)CN3CC3CC3)C2)cc(OC)c1. The van der Waals surface area contributed by atoms with Gasteiger partial charge in [0.15, 0.2) is 0 Å². The van der Waals surface area contributed by atoms with Crippen LogP contribution in [0.15, 0.2) is 18.2 Å². The van der Waals surface area contributed by atoms with Crippen LogP contribution in [-0.2, 0) is 6.54 Å². The summed E-state index contributed by atoms with van der Waals surface area (Å²) in [6.45, 7) is 5.78. The number of hydrogen-bond acceptors (Lipinski definition) is 5. The van der Waals surface area contributed by atoms with E-state index in [1.807, 2.05) is 6.07 Å². The molecule has 3 fully saturated rings. The Morgan fingerprint density at radius 2 is 1.76 bits per heavy atom. The first-order chi connectivity index (χ1) is 12.1. The first-order valence-electron chi connectivity index (χ1n) is 9.44. The number of rotatable bonds is 7. The van der Waals surface area contributed by atoms with E-state index in [-0.39, 0.29) is 0 Å². The minimum absolute atomic E-state index is 0.305. The van der Waals surface area contributed by atoms with Gasteiger partial charge in [-0.05, 0) is 48.8 Å². The van der Waals surface area contributed by atoms with Crippen molar-refractivity contribution < 1.29 is 14.6 Å². The number of ether oxygens (including phenoxy) is 2. The van der Waals surface area contributed by atoms with Crippen molar-refractivity contribution in [2.24, 2.45) is 11.8 Å². The molecule has 1 spiro atoms. The van der Waals surface area contributed by atoms with Gasteiger partial charge >= 0.3 is 0 Å². The third kappa shape index (κ3) is 3.50. The number of aliphatic hydroxyl groups is 1. The molecule has 2 saturated heterocycles. The van der Waals surface area contributed by atoms with E-state index in [1.165, 1.54) is 24.9 Å². The topological polar surface area (TPSA) is 45.2 Å². The molecule has 3 aliphatic rings. The Labute approximate surface area is 150 Å². The summed E-state index contributed by atoms with van der Waals surface area (Å²) in [7, 11) is 3.39. The summed E-state index contributed by atoms with van der Waals surface area (Å²) in [5, 5.41) is 9.63. The van der Waals surface area contributed by atoms with Gasteiger partial charge in [0.05, 0.1) is 14.2 Å². The molecule has 0 amide bonds. The number of aliphatic hydroxyl groups excluding tert-OH is 1. The summed E-state index contributed by atoms with van der Waals surface area (Å²) < 4.78 is 10.8. The molecule has 1 aromatic carbocycles. The Balaban J connectivity index is 1.40. The van der Waals surface area contributed by atoms with Crippen LogP contribution >= 0.6 is 0 Å². The van der Waals surface area contributed by atoms with Gasteiger partial charge in [0.2, 0.25) is 0 Å². The highest BCUT2D eigenvalue weighted by Crippen LogP contribution is 2.43. The van der Waals surface area contributed by atoms with Crippen LogP contribution in [0.2, 0.25) is 0 Å². The van der Waals surface area contributed by atoms with Gasteiger partial charge in [-0.3, -0.25) is 9.80 Å². The fraction of sp³-hybridized carbons (Fsp3) is 0.700. The van der Waals surface area contributed by atoms with Crippen LogP contribution in [0.1, 0.15) is 24.8 Å². The van der Waals surface area contributed by atoms with Crippen molar-refractivity contribution in [2.75, 3.05) is 47.0 Å². The van der Waals surface area contributed by atoms with Crippen LogP contribution in [-0.4, -0.2) is 67.5 Å². The van der Waals surface area contributed by atoms with E-state index in [9.17, 15) is 5.11 Å². The molecule has 1 aromatic rings. The maximum Gasteiger partial charge on any atom is 0.122 e. The van der Waals surface area contributed by atoms with Crippen molar-refractivity contribution in [1.29, 1.82) is 0 Å². The highest BCUT2D eigenvalue weighted by atomic mass is 16.5. The fourth-order valence-electron chi connectivity index (χ4n) is 4.68. The van der Waals surface area contributed by atoms with Gasteiger partial charge in [0.1, 0.15) is 11.5 Å². The molecule has 5 nitrogen and oxygen atoms in total.